The lowest BCUT2D eigenvalue weighted by Crippen LogP contribution is -2.25. The fourth-order valence-corrected chi connectivity index (χ4v) is 7.04. The van der Waals surface area contributed by atoms with Crippen LogP contribution in [0.4, 0.5) is 0 Å². The number of hydrogen-bond donors (Lipinski definition) is 4. The molecular weight excluding hydrogens is 1120 g/mol. The van der Waals surface area contributed by atoms with E-state index in [1.165, 1.54) is 12.1 Å². The molecule has 6 aromatic carbocycles. The number of aromatic hydroxyl groups is 3. The Morgan fingerprint density at radius 3 is 0.878 bits per heavy atom. The molecule has 25 heteroatoms. The highest BCUT2D eigenvalue weighted by atomic mass is 35.5. The Morgan fingerprint density at radius 2 is 0.585 bits per heavy atom. The number of ether oxygens (including phenoxy) is 9. The van der Waals surface area contributed by atoms with Gasteiger partial charge in [-0.25, -0.2) is 24.0 Å². The number of phenolic OH excluding ortho intramolecular Hbond substituents is 3. The van der Waals surface area contributed by atoms with Crippen LogP contribution in [0, 0.1) is 0 Å². The van der Waals surface area contributed by atoms with Crippen molar-refractivity contribution >= 4 is 115 Å². The van der Waals surface area contributed by atoms with Gasteiger partial charge in [-0.1, -0.05) is 72.8 Å². The van der Waals surface area contributed by atoms with E-state index in [1.807, 2.05) is 6.07 Å². The molecule has 0 aromatic heterocycles. The summed E-state index contributed by atoms with van der Waals surface area (Å²) < 4.78 is 42.7. The molecule has 0 saturated carbocycles. The number of rotatable bonds is 24. The van der Waals surface area contributed by atoms with Gasteiger partial charge in [-0.2, -0.15) is 0 Å². The molecule has 0 aliphatic heterocycles. The van der Waals surface area contributed by atoms with Gasteiger partial charge in [-0.3, -0.25) is 24.0 Å². The maximum Gasteiger partial charge on any atom is 0.344 e. The Hall–Kier alpha value is -9.22. The SMILES string of the molecule is CC(C(=O)OCC(=O)O)c1ccc2cc(O)ccc2c1.CC(C(=O)OCC(=O)OCC(=O)OCCOC(=O)COC(=O)COC(=O)C(C)c1ccc2cc(O)ccc2c1)c1ccc2cc(O)ccc2c1.O=C(CCl)OCCOC(=O)CCl. The summed E-state index contributed by atoms with van der Waals surface area (Å²) in [6, 6.07) is 30.4. The highest BCUT2D eigenvalue weighted by molar-refractivity contribution is 6.26. The topological polar surface area (TPSA) is 335 Å². The van der Waals surface area contributed by atoms with Gasteiger partial charge in [0.05, 0.1) is 17.8 Å². The second-order valence-electron chi connectivity index (χ2n) is 17.2. The van der Waals surface area contributed by atoms with Crippen LogP contribution in [0.2, 0.25) is 0 Å². The molecule has 23 nitrogen and oxygen atoms in total. The summed E-state index contributed by atoms with van der Waals surface area (Å²) in [6.45, 7) is 0.441. The number of esters is 9. The molecule has 3 unspecified atom stereocenters. The third-order valence-corrected chi connectivity index (χ3v) is 11.7. The summed E-state index contributed by atoms with van der Waals surface area (Å²) in [5, 5.41) is 42.0. The summed E-state index contributed by atoms with van der Waals surface area (Å²) in [6.07, 6.45) is 0. The molecule has 0 heterocycles. The number of halogens is 2. The summed E-state index contributed by atoms with van der Waals surface area (Å²) in [4.78, 5) is 115. The van der Waals surface area contributed by atoms with Crippen LogP contribution >= 0.6 is 23.2 Å². The zero-order valence-corrected chi connectivity index (χ0v) is 45.7. The lowest BCUT2D eigenvalue weighted by Gasteiger charge is -2.13. The van der Waals surface area contributed by atoms with Crippen molar-refractivity contribution in [2.75, 3.05) is 71.2 Å². The summed E-state index contributed by atoms with van der Waals surface area (Å²) in [5.74, 6) is -10.1. The molecular formula is C57H56Cl2O23. The zero-order valence-electron chi connectivity index (χ0n) is 44.2. The Labute approximate surface area is 477 Å². The number of carboxylic acids is 1. The third kappa shape index (κ3) is 22.5. The Balaban J connectivity index is 0.000000366. The van der Waals surface area contributed by atoms with Crippen LogP contribution in [0.1, 0.15) is 55.2 Å². The van der Waals surface area contributed by atoms with Crippen LogP contribution in [-0.2, 0) is 90.6 Å². The number of phenols is 3. The van der Waals surface area contributed by atoms with E-state index in [9.17, 15) is 63.3 Å². The molecule has 0 amide bonds. The standard InChI is InChI=1S/C36H34O14.C15H14O5.C6H8Cl2O4/c1-21(23-3-5-27-15-29(37)9-7-25(27)13-23)35(43)49-19-33(41)47-17-31(39)45-11-12-46-32(40)18-48-34(42)20-50-36(44)22(2)24-4-6-28-16-30(38)10-8-26(28)14-24;1-9(15(19)20-8-14(17)18)10-2-3-12-7-13(16)5-4-11(12)6-10;7-3-5(9)11-1-2-12-6(10)4-8/h3-10,13-16,21-22,37-38H,11-12,17-20H2,1-2H3;2-7,9,16H,8H2,1H3,(H,17,18);1-4H2. The maximum absolute atomic E-state index is 12.4. The average Bonchev–Trinajstić information content (AvgIpc) is 3.66. The number of alkyl halides is 2. The second kappa shape index (κ2) is 33.4. The van der Waals surface area contributed by atoms with Crippen molar-refractivity contribution in [2.24, 2.45) is 0 Å². The lowest BCUT2D eigenvalue weighted by atomic mass is 9.98. The number of carbonyl (C=O) groups is 10. The number of carbonyl (C=O) groups excluding carboxylic acids is 9. The monoisotopic (exact) mass is 1180 g/mol. The van der Waals surface area contributed by atoms with E-state index >= 15 is 0 Å². The molecule has 82 heavy (non-hydrogen) atoms. The molecule has 0 bridgehead atoms. The normalized spacial score (nSPS) is 11.6. The molecule has 436 valence electrons. The number of benzene rings is 6. The van der Waals surface area contributed by atoms with Crippen LogP contribution in [0.5, 0.6) is 17.2 Å². The van der Waals surface area contributed by atoms with Crippen LogP contribution in [0.25, 0.3) is 32.3 Å². The minimum Gasteiger partial charge on any atom is -0.508 e. The van der Waals surface area contributed by atoms with Gasteiger partial charge in [-0.05, 0) is 106 Å². The predicted molar refractivity (Wildman–Crippen MR) is 290 cm³/mol. The smallest absolute Gasteiger partial charge is 0.344 e. The van der Waals surface area contributed by atoms with Gasteiger partial charge in [-0.15, -0.1) is 23.2 Å². The predicted octanol–water partition coefficient (Wildman–Crippen LogP) is 6.40. The van der Waals surface area contributed by atoms with Gasteiger partial charge in [0.2, 0.25) is 0 Å². The van der Waals surface area contributed by atoms with Crippen LogP contribution in [-0.4, -0.2) is 151 Å². The summed E-state index contributed by atoms with van der Waals surface area (Å²) >= 11 is 10.2. The van der Waals surface area contributed by atoms with Crippen molar-refractivity contribution in [1.82, 2.24) is 0 Å². The molecule has 0 saturated heterocycles. The van der Waals surface area contributed by atoms with E-state index in [0.717, 1.165) is 37.9 Å². The number of aliphatic carboxylic acids is 1. The lowest BCUT2D eigenvalue weighted by molar-refractivity contribution is -0.168. The Morgan fingerprint density at radius 1 is 0.341 bits per heavy atom. The van der Waals surface area contributed by atoms with Gasteiger partial charge in [0.15, 0.2) is 33.0 Å². The molecule has 0 aliphatic rings. The summed E-state index contributed by atoms with van der Waals surface area (Å²) in [7, 11) is 0. The number of hydrogen-bond acceptors (Lipinski definition) is 22. The molecule has 4 N–H and O–H groups in total. The zero-order chi connectivity index (χ0) is 60.3. The van der Waals surface area contributed by atoms with Crippen LogP contribution in [0.15, 0.2) is 109 Å². The molecule has 0 radical (unpaired) electrons. The van der Waals surface area contributed by atoms with E-state index < -0.39 is 110 Å². The van der Waals surface area contributed by atoms with E-state index in [4.69, 9.17) is 56.7 Å². The van der Waals surface area contributed by atoms with Gasteiger partial charge in [0, 0.05) is 0 Å². The molecule has 0 aliphatic carbocycles. The number of carboxylic acid groups (broad SMARTS) is 1. The first kappa shape index (κ1) is 65.3. The Kier molecular flexibility index (Phi) is 26.6. The van der Waals surface area contributed by atoms with Crippen LogP contribution in [0.3, 0.4) is 0 Å². The average molecular weight is 1180 g/mol. The van der Waals surface area contributed by atoms with Gasteiger partial charge in [0.1, 0.15) is 55.4 Å². The molecule has 0 fully saturated rings. The first-order valence-corrected chi connectivity index (χ1v) is 25.6. The fraction of sp³-hybridized carbons (Fsp3) is 0.298. The molecule has 6 aromatic rings. The fourth-order valence-electron chi connectivity index (χ4n) is 6.88. The highest BCUT2D eigenvalue weighted by Gasteiger charge is 2.22. The van der Waals surface area contributed by atoms with Crippen molar-refractivity contribution in [1.29, 1.82) is 0 Å². The highest BCUT2D eigenvalue weighted by Crippen LogP contribution is 2.28. The minimum absolute atomic E-state index is 0.00812. The Bertz CT molecular complexity index is 3100. The third-order valence-electron chi connectivity index (χ3n) is 11.2. The second-order valence-corrected chi connectivity index (χ2v) is 17.8. The summed E-state index contributed by atoms with van der Waals surface area (Å²) in [5.41, 5.74) is 2.01. The van der Waals surface area contributed by atoms with Gasteiger partial charge in [0.25, 0.3) is 0 Å². The molecule has 6 rings (SSSR count). The van der Waals surface area contributed by atoms with Crippen molar-refractivity contribution in [2.45, 2.75) is 38.5 Å². The molecule has 3 atom stereocenters. The van der Waals surface area contributed by atoms with Crippen molar-refractivity contribution in [3.63, 3.8) is 0 Å². The van der Waals surface area contributed by atoms with E-state index in [1.54, 1.807) is 112 Å². The molecule has 0 spiro atoms. The van der Waals surface area contributed by atoms with Crippen molar-refractivity contribution in [3.8, 4) is 17.2 Å². The van der Waals surface area contributed by atoms with Crippen molar-refractivity contribution < 1.29 is 111 Å². The quantitative estimate of drug-likeness (QED) is 0.0220. The first-order valence-electron chi connectivity index (χ1n) is 24.5. The van der Waals surface area contributed by atoms with Crippen molar-refractivity contribution in [3.05, 3.63) is 126 Å². The van der Waals surface area contributed by atoms with E-state index in [-0.39, 0.29) is 55.4 Å². The van der Waals surface area contributed by atoms with Gasteiger partial charge >= 0.3 is 59.7 Å². The van der Waals surface area contributed by atoms with Gasteiger partial charge < -0.3 is 63.1 Å². The van der Waals surface area contributed by atoms with E-state index in [0.29, 0.717) is 11.1 Å². The number of fused-ring (bicyclic) bond motifs is 3. The first-order chi connectivity index (χ1) is 39.1. The van der Waals surface area contributed by atoms with E-state index in [2.05, 4.69) is 14.2 Å². The minimum atomic E-state index is -1.18. The largest absolute Gasteiger partial charge is 0.508 e. The van der Waals surface area contributed by atoms with Crippen LogP contribution < -0.4 is 0 Å². The maximum atomic E-state index is 12.4.